The van der Waals surface area contributed by atoms with Crippen LogP contribution in [-0.2, 0) is 16.1 Å². The van der Waals surface area contributed by atoms with Gasteiger partial charge in [-0.15, -0.1) is 0 Å². The first-order valence-electron chi connectivity index (χ1n) is 8.68. The molecule has 1 aromatic heterocycles. The Labute approximate surface area is 159 Å². The smallest absolute Gasteiger partial charge is 0.253 e. The average molecular weight is 370 g/mol. The van der Waals surface area contributed by atoms with Crippen LogP contribution in [0.2, 0.25) is 0 Å². The van der Waals surface area contributed by atoms with Gasteiger partial charge in [0.1, 0.15) is 12.6 Å². The standard InChI is InChI=1S/C20H26N4O3/c1-14(20(27)23(4)5)21-18(25)13-24-12-16(15-9-7-6-8-10-15)17(22(2)3)11-19(24)26/h6-12,14H,13H2,1-5H3,(H,21,25). The van der Waals surface area contributed by atoms with Gasteiger partial charge in [-0.3, -0.25) is 14.4 Å². The number of nitrogens with one attached hydrogen (secondary N) is 1. The number of benzene rings is 1. The third kappa shape index (κ3) is 4.97. The van der Waals surface area contributed by atoms with Crippen molar-refractivity contribution in [2.45, 2.75) is 19.5 Å². The molecule has 0 aliphatic rings. The van der Waals surface area contributed by atoms with Crippen LogP contribution in [-0.4, -0.2) is 55.5 Å². The summed E-state index contributed by atoms with van der Waals surface area (Å²) < 4.78 is 1.36. The van der Waals surface area contributed by atoms with Crippen molar-refractivity contribution in [3.05, 3.63) is 52.9 Å². The molecule has 1 unspecified atom stereocenters. The van der Waals surface area contributed by atoms with Crippen LogP contribution in [0.3, 0.4) is 0 Å². The molecule has 27 heavy (non-hydrogen) atoms. The SMILES string of the molecule is CC(NC(=O)Cn1cc(-c2ccccc2)c(N(C)C)cc1=O)C(=O)N(C)C. The number of aromatic nitrogens is 1. The van der Waals surface area contributed by atoms with Crippen molar-refractivity contribution in [2.75, 3.05) is 33.1 Å². The van der Waals surface area contributed by atoms with E-state index in [2.05, 4.69) is 5.32 Å². The lowest BCUT2D eigenvalue weighted by molar-refractivity contribution is -0.134. The predicted octanol–water partition coefficient (Wildman–Crippen LogP) is 1.17. The van der Waals surface area contributed by atoms with Crippen molar-refractivity contribution in [3.63, 3.8) is 0 Å². The van der Waals surface area contributed by atoms with Gasteiger partial charge < -0.3 is 19.7 Å². The Balaban J connectivity index is 2.31. The normalized spacial score (nSPS) is 11.6. The van der Waals surface area contributed by atoms with Crippen LogP contribution in [0.15, 0.2) is 47.4 Å². The molecule has 0 radical (unpaired) electrons. The first-order valence-corrected chi connectivity index (χ1v) is 8.68. The molecule has 7 nitrogen and oxygen atoms in total. The van der Waals surface area contributed by atoms with Crippen molar-refractivity contribution < 1.29 is 9.59 Å². The van der Waals surface area contributed by atoms with Crippen LogP contribution in [0.5, 0.6) is 0 Å². The lowest BCUT2D eigenvalue weighted by atomic mass is 10.1. The van der Waals surface area contributed by atoms with E-state index in [9.17, 15) is 14.4 Å². The van der Waals surface area contributed by atoms with Crippen LogP contribution in [0.4, 0.5) is 5.69 Å². The monoisotopic (exact) mass is 370 g/mol. The summed E-state index contributed by atoms with van der Waals surface area (Å²) in [5.41, 5.74) is 2.30. The Bertz CT molecular complexity index is 873. The van der Waals surface area contributed by atoms with Gasteiger partial charge in [0.25, 0.3) is 5.56 Å². The molecule has 2 rings (SSSR count). The quantitative estimate of drug-likeness (QED) is 0.828. The number of hydrogen-bond donors (Lipinski definition) is 1. The molecule has 0 aliphatic carbocycles. The Morgan fingerprint density at radius 3 is 2.30 bits per heavy atom. The van der Waals surface area contributed by atoms with Gasteiger partial charge in [-0.1, -0.05) is 30.3 Å². The molecule has 0 spiro atoms. The zero-order valence-electron chi connectivity index (χ0n) is 16.4. The van der Waals surface area contributed by atoms with E-state index in [0.29, 0.717) is 0 Å². The third-order valence-corrected chi connectivity index (χ3v) is 4.17. The van der Waals surface area contributed by atoms with Gasteiger partial charge >= 0.3 is 0 Å². The summed E-state index contributed by atoms with van der Waals surface area (Å²) in [4.78, 5) is 40.0. The number of carbonyl (C=O) groups excluding carboxylic acids is 2. The number of carbonyl (C=O) groups is 2. The summed E-state index contributed by atoms with van der Waals surface area (Å²) in [6, 6.07) is 10.5. The van der Waals surface area contributed by atoms with Crippen LogP contribution in [0.25, 0.3) is 11.1 Å². The summed E-state index contributed by atoms with van der Waals surface area (Å²) >= 11 is 0. The summed E-state index contributed by atoms with van der Waals surface area (Å²) in [5.74, 6) is -0.597. The third-order valence-electron chi connectivity index (χ3n) is 4.17. The van der Waals surface area contributed by atoms with E-state index in [4.69, 9.17) is 0 Å². The lowest BCUT2D eigenvalue weighted by Gasteiger charge is -2.20. The first-order chi connectivity index (χ1) is 12.7. The maximum atomic E-state index is 12.5. The van der Waals surface area contributed by atoms with Gasteiger partial charge in [0.2, 0.25) is 11.8 Å². The molecule has 1 atom stereocenters. The molecule has 0 saturated heterocycles. The predicted molar refractivity (Wildman–Crippen MR) is 107 cm³/mol. The van der Waals surface area contributed by atoms with Gasteiger partial charge in [0.15, 0.2) is 0 Å². The molecule has 1 N–H and O–H groups in total. The van der Waals surface area contributed by atoms with E-state index in [1.807, 2.05) is 49.3 Å². The topological polar surface area (TPSA) is 74.6 Å². The molecule has 0 aliphatic heterocycles. The molecule has 144 valence electrons. The van der Waals surface area contributed by atoms with Crippen molar-refractivity contribution in [1.29, 1.82) is 0 Å². The van der Waals surface area contributed by atoms with Crippen molar-refractivity contribution in [2.24, 2.45) is 0 Å². The maximum absolute atomic E-state index is 12.5. The van der Waals surface area contributed by atoms with Crippen LogP contribution in [0, 0.1) is 0 Å². The highest BCUT2D eigenvalue weighted by molar-refractivity contribution is 5.87. The fraction of sp³-hybridized carbons (Fsp3) is 0.350. The minimum atomic E-state index is -0.655. The van der Waals surface area contributed by atoms with Gasteiger partial charge in [-0.05, 0) is 12.5 Å². The number of rotatable bonds is 6. The minimum Gasteiger partial charge on any atom is -0.377 e. The van der Waals surface area contributed by atoms with Gasteiger partial charge in [-0.2, -0.15) is 0 Å². The highest BCUT2D eigenvalue weighted by Gasteiger charge is 2.18. The van der Waals surface area contributed by atoms with Crippen molar-refractivity contribution in [1.82, 2.24) is 14.8 Å². The number of hydrogen-bond acceptors (Lipinski definition) is 4. The number of likely N-dealkylation sites (N-methyl/N-ethyl adjacent to an activating group) is 1. The van der Waals surface area contributed by atoms with E-state index in [0.717, 1.165) is 16.8 Å². The lowest BCUT2D eigenvalue weighted by Crippen LogP contribution is -2.45. The first kappa shape index (κ1) is 20.2. The Morgan fingerprint density at radius 1 is 1.11 bits per heavy atom. The molecule has 0 saturated carbocycles. The average Bonchev–Trinajstić information content (AvgIpc) is 2.62. The molecule has 0 fully saturated rings. The highest BCUT2D eigenvalue weighted by Crippen LogP contribution is 2.28. The zero-order valence-corrected chi connectivity index (χ0v) is 16.4. The number of anilines is 1. The second-order valence-electron chi connectivity index (χ2n) is 6.82. The Kier molecular flexibility index (Phi) is 6.39. The molecular weight excluding hydrogens is 344 g/mol. The van der Waals surface area contributed by atoms with Crippen molar-refractivity contribution in [3.8, 4) is 11.1 Å². The molecule has 1 heterocycles. The molecule has 7 heteroatoms. The van der Waals surface area contributed by atoms with E-state index >= 15 is 0 Å². The number of nitrogens with zero attached hydrogens (tertiary/aromatic N) is 3. The summed E-state index contributed by atoms with van der Waals surface area (Å²) in [6.45, 7) is 1.46. The van der Waals surface area contributed by atoms with E-state index in [-0.39, 0.29) is 18.0 Å². The fourth-order valence-electron chi connectivity index (χ4n) is 2.79. The molecule has 2 amide bonds. The largest absolute Gasteiger partial charge is 0.377 e. The molecule has 2 aromatic rings. The molecule has 1 aromatic carbocycles. The summed E-state index contributed by atoms with van der Waals surface area (Å²) in [7, 11) is 6.99. The summed E-state index contributed by atoms with van der Waals surface area (Å²) in [6.07, 6.45) is 1.69. The maximum Gasteiger partial charge on any atom is 0.253 e. The highest BCUT2D eigenvalue weighted by atomic mass is 16.2. The minimum absolute atomic E-state index is 0.155. The van der Waals surface area contributed by atoms with E-state index < -0.39 is 11.9 Å². The second-order valence-corrected chi connectivity index (χ2v) is 6.82. The van der Waals surface area contributed by atoms with Crippen LogP contribution >= 0.6 is 0 Å². The molecule has 0 bridgehead atoms. The van der Waals surface area contributed by atoms with E-state index in [1.54, 1.807) is 27.2 Å². The van der Waals surface area contributed by atoms with Gasteiger partial charge in [0, 0.05) is 46.0 Å². The van der Waals surface area contributed by atoms with Gasteiger partial charge in [-0.25, -0.2) is 0 Å². The number of amides is 2. The van der Waals surface area contributed by atoms with Crippen LogP contribution in [0.1, 0.15) is 6.92 Å². The Morgan fingerprint density at radius 2 is 1.74 bits per heavy atom. The molecular formula is C20H26N4O3. The van der Waals surface area contributed by atoms with E-state index in [1.165, 1.54) is 15.5 Å². The van der Waals surface area contributed by atoms with Gasteiger partial charge in [0.05, 0.1) is 5.69 Å². The fourth-order valence-corrected chi connectivity index (χ4v) is 2.79. The second kappa shape index (κ2) is 8.53. The number of pyridine rings is 1. The zero-order chi connectivity index (χ0) is 20.1. The Hall–Kier alpha value is -3.09. The van der Waals surface area contributed by atoms with Crippen molar-refractivity contribution >= 4 is 17.5 Å². The summed E-state index contributed by atoms with van der Waals surface area (Å²) in [5, 5.41) is 2.63. The van der Waals surface area contributed by atoms with Crippen LogP contribution < -0.4 is 15.8 Å².